The smallest absolute Gasteiger partial charge is 0.241 e. The van der Waals surface area contributed by atoms with Crippen LogP contribution in [0.25, 0.3) is 0 Å². The lowest BCUT2D eigenvalue weighted by atomic mass is 9.64. The predicted octanol–water partition coefficient (Wildman–Crippen LogP) is 1.36. The molecule has 4 nitrogen and oxygen atoms in total. The van der Waals surface area contributed by atoms with E-state index >= 15 is 0 Å². The Bertz CT molecular complexity index is 389. The van der Waals surface area contributed by atoms with Gasteiger partial charge in [0.05, 0.1) is 5.41 Å². The van der Waals surface area contributed by atoms with Gasteiger partial charge in [-0.3, -0.25) is 15.0 Å². The molecule has 2 aliphatic rings. The topological polar surface area (TPSA) is 49.4 Å². The van der Waals surface area contributed by atoms with E-state index in [4.69, 9.17) is 0 Å². The number of carbonyl (C=O) groups excluding carboxylic acids is 2. The molecule has 2 atom stereocenters. The molecule has 17 heavy (non-hydrogen) atoms. The first-order valence-corrected chi connectivity index (χ1v) is 6.19. The van der Waals surface area contributed by atoms with Crippen molar-refractivity contribution in [2.24, 2.45) is 16.2 Å². The maximum absolute atomic E-state index is 12.4. The highest BCUT2D eigenvalue weighted by Gasteiger charge is 2.72. The molecule has 0 aromatic carbocycles. The Kier molecular flexibility index (Phi) is 2.45. The molecule has 1 N–H and O–H groups in total. The maximum Gasteiger partial charge on any atom is 0.241 e. The molecule has 0 unspecified atom stereocenters. The summed E-state index contributed by atoms with van der Waals surface area (Å²) in [4.78, 5) is 24.6. The van der Waals surface area contributed by atoms with Gasteiger partial charge in [-0.05, 0) is 18.3 Å². The fourth-order valence-electron chi connectivity index (χ4n) is 3.67. The highest BCUT2D eigenvalue weighted by atomic mass is 16.2. The van der Waals surface area contributed by atoms with Crippen LogP contribution in [0.5, 0.6) is 0 Å². The van der Waals surface area contributed by atoms with Crippen LogP contribution in [0.15, 0.2) is 0 Å². The number of Topliss-reactive ketones (excluding diaryl/α,β-unsaturated/α-hetero) is 1. The summed E-state index contributed by atoms with van der Waals surface area (Å²) >= 11 is 0. The van der Waals surface area contributed by atoms with E-state index in [0.29, 0.717) is 6.42 Å². The lowest BCUT2D eigenvalue weighted by Crippen LogP contribution is -2.50. The molecule has 4 heteroatoms. The molecule has 1 amide bonds. The number of ketones is 1. The van der Waals surface area contributed by atoms with E-state index in [2.05, 4.69) is 19.3 Å². The van der Waals surface area contributed by atoms with E-state index in [0.717, 1.165) is 12.8 Å². The Balaban J connectivity index is 2.40. The SMILES string of the molecule is CN(C)NC(=O)[C@]12CC[C@](C)(C(=O)C1)C2(C)C. The Labute approximate surface area is 103 Å². The molecule has 0 aliphatic heterocycles. The van der Waals surface area contributed by atoms with Gasteiger partial charge in [0, 0.05) is 25.9 Å². The fraction of sp³-hybridized carbons (Fsp3) is 0.846. The summed E-state index contributed by atoms with van der Waals surface area (Å²) in [5.74, 6) is 0.254. The predicted molar refractivity (Wildman–Crippen MR) is 65.0 cm³/mol. The van der Waals surface area contributed by atoms with Crippen LogP contribution in [-0.4, -0.2) is 30.8 Å². The minimum Gasteiger partial charge on any atom is -0.299 e. The van der Waals surface area contributed by atoms with Crippen LogP contribution in [-0.2, 0) is 9.59 Å². The highest BCUT2D eigenvalue weighted by molar-refractivity contribution is 5.99. The van der Waals surface area contributed by atoms with Crippen molar-refractivity contribution in [3.05, 3.63) is 0 Å². The molecular formula is C13H22N2O2. The molecule has 2 saturated carbocycles. The standard InChI is InChI=1S/C13H22N2O2/c1-11(2)12(3)6-7-13(11,8-9(12)16)10(17)14-15(4)5/h6-8H2,1-5H3,(H,14,17)/t12-,13+/m1/s1. The zero-order valence-corrected chi connectivity index (χ0v) is 11.4. The Morgan fingerprint density at radius 2 is 1.82 bits per heavy atom. The van der Waals surface area contributed by atoms with Gasteiger partial charge in [-0.2, -0.15) is 0 Å². The number of nitrogens with one attached hydrogen (secondary N) is 1. The monoisotopic (exact) mass is 238 g/mol. The average molecular weight is 238 g/mol. The molecule has 0 spiro atoms. The Hall–Kier alpha value is -0.900. The summed E-state index contributed by atoms with van der Waals surface area (Å²) < 4.78 is 0. The zero-order chi connectivity index (χ0) is 13.1. The van der Waals surface area contributed by atoms with Crippen molar-refractivity contribution >= 4 is 11.7 Å². The van der Waals surface area contributed by atoms with Crippen LogP contribution in [0.2, 0.25) is 0 Å². The number of fused-ring (bicyclic) bond motifs is 2. The third-order valence-electron chi connectivity index (χ3n) is 5.47. The summed E-state index contributed by atoms with van der Waals surface area (Å²) in [7, 11) is 3.60. The van der Waals surface area contributed by atoms with Crippen LogP contribution < -0.4 is 5.43 Å². The molecule has 2 aliphatic carbocycles. The van der Waals surface area contributed by atoms with E-state index in [1.807, 2.05) is 6.92 Å². The molecule has 0 saturated heterocycles. The molecule has 0 radical (unpaired) electrons. The van der Waals surface area contributed by atoms with Crippen molar-refractivity contribution in [2.45, 2.75) is 40.0 Å². The quantitative estimate of drug-likeness (QED) is 0.739. The van der Waals surface area contributed by atoms with Gasteiger partial charge in [-0.25, -0.2) is 5.01 Å². The van der Waals surface area contributed by atoms with E-state index in [-0.39, 0.29) is 22.5 Å². The Morgan fingerprint density at radius 3 is 2.18 bits per heavy atom. The van der Waals surface area contributed by atoms with Gasteiger partial charge in [-0.1, -0.05) is 20.8 Å². The molecule has 96 valence electrons. The molecule has 0 aromatic heterocycles. The van der Waals surface area contributed by atoms with Crippen molar-refractivity contribution in [1.29, 1.82) is 0 Å². The molecule has 2 bridgehead atoms. The molecule has 2 fully saturated rings. The minimum atomic E-state index is -0.511. The number of hydrazine groups is 1. The van der Waals surface area contributed by atoms with Crippen molar-refractivity contribution in [1.82, 2.24) is 10.4 Å². The number of rotatable bonds is 2. The first-order chi connectivity index (χ1) is 7.67. The summed E-state index contributed by atoms with van der Waals surface area (Å²) in [6.45, 7) is 6.16. The second-order valence-electron chi connectivity index (χ2n) is 6.47. The summed E-state index contributed by atoms with van der Waals surface area (Å²) in [6.07, 6.45) is 2.05. The summed E-state index contributed by atoms with van der Waals surface area (Å²) in [5.41, 5.74) is 1.75. The first-order valence-electron chi connectivity index (χ1n) is 6.19. The van der Waals surface area contributed by atoms with E-state index in [1.165, 1.54) is 0 Å². The lowest BCUT2D eigenvalue weighted by Gasteiger charge is -2.39. The summed E-state index contributed by atoms with van der Waals surface area (Å²) in [5, 5.41) is 1.66. The number of carbonyl (C=O) groups is 2. The highest BCUT2D eigenvalue weighted by Crippen LogP contribution is 2.70. The zero-order valence-electron chi connectivity index (χ0n) is 11.4. The van der Waals surface area contributed by atoms with Gasteiger partial charge in [0.15, 0.2) is 0 Å². The van der Waals surface area contributed by atoms with E-state index in [9.17, 15) is 9.59 Å². The molecule has 2 rings (SSSR count). The van der Waals surface area contributed by atoms with Crippen LogP contribution in [0.1, 0.15) is 40.0 Å². The second kappa shape index (κ2) is 3.31. The third kappa shape index (κ3) is 1.27. The van der Waals surface area contributed by atoms with Crippen molar-refractivity contribution in [3.63, 3.8) is 0 Å². The van der Waals surface area contributed by atoms with E-state index < -0.39 is 5.41 Å². The van der Waals surface area contributed by atoms with Crippen LogP contribution >= 0.6 is 0 Å². The van der Waals surface area contributed by atoms with Crippen LogP contribution in [0.3, 0.4) is 0 Å². The number of nitrogens with zero attached hydrogens (tertiary/aromatic N) is 1. The molecule has 0 heterocycles. The minimum absolute atomic E-state index is 0.00192. The first kappa shape index (κ1) is 12.6. The van der Waals surface area contributed by atoms with Gasteiger partial charge in [0.25, 0.3) is 0 Å². The Morgan fingerprint density at radius 1 is 1.24 bits per heavy atom. The van der Waals surface area contributed by atoms with Crippen LogP contribution in [0, 0.1) is 16.2 Å². The molecular weight excluding hydrogens is 216 g/mol. The fourth-order valence-corrected chi connectivity index (χ4v) is 3.67. The summed E-state index contributed by atoms with van der Waals surface area (Å²) in [6, 6.07) is 0. The van der Waals surface area contributed by atoms with E-state index in [1.54, 1.807) is 19.1 Å². The maximum atomic E-state index is 12.4. The normalized spacial score (nSPS) is 38.8. The van der Waals surface area contributed by atoms with Crippen molar-refractivity contribution in [2.75, 3.05) is 14.1 Å². The van der Waals surface area contributed by atoms with Gasteiger partial charge in [0.1, 0.15) is 5.78 Å². The second-order valence-corrected chi connectivity index (χ2v) is 6.47. The number of hydrogen-bond donors (Lipinski definition) is 1. The van der Waals surface area contributed by atoms with Crippen molar-refractivity contribution < 1.29 is 9.59 Å². The van der Waals surface area contributed by atoms with Gasteiger partial charge >= 0.3 is 0 Å². The number of amides is 1. The average Bonchev–Trinajstić information content (AvgIpc) is 2.47. The van der Waals surface area contributed by atoms with Gasteiger partial charge < -0.3 is 0 Å². The lowest BCUT2D eigenvalue weighted by molar-refractivity contribution is -0.140. The molecule has 0 aromatic rings. The van der Waals surface area contributed by atoms with Crippen molar-refractivity contribution in [3.8, 4) is 0 Å². The van der Waals surface area contributed by atoms with Gasteiger partial charge in [-0.15, -0.1) is 0 Å². The largest absolute Gasteiger partial charge is 0.299 e. The number of hydrogen-bond acceptors (Lipinski definition) is 3. The van der Waals surface area contributed by atoms with Gasteiger partial charge in [0.2, 0.25) is 5.91 Å². The third-order valence-corrected chi connectivity index (χ3v) is 5.47. The van der Waals surface area contributed by atoms with Crippen LogP contribution in [0.4, 0.5) is 0 Å².